The number of fused-ring (bicyclic) bond motifs is 1. The molecule has 1 aliphatic heterocycles. The van der Waals surface area contributed by atoms with Crippen molar-refractivity contribution in [2.24, 2.45) is 11.3 Å². The number of benzene rings is 1. The topological polar surface area (TPSA) is 101 Å². The molecule has 1 atom stereocenters. The summed E-state index contributed by atoms with van der Waals surface area (Å²) < 4.78 is 14.0. The Morgan fingerprint density at radius 1 is 1.27 bits per heavy atom. The molecule has 3 aromatic rings. The summed E-state index contributed by atoms with van der Waals surface area (Å²) in [4.78, 5) is 8.59. The summed E-state index contributed by atoms with van der Waals surface area (Å²) >= 11 is 6.77. The van der Waals surface area contributed by atoms with Crippen LogP contribution >= 0.6 is 11.6 Å². The largest absolute Gasteiger partial charge is 0.383 e. The van der Waals surface area contributed by atoms with Crippen LogP contribution in [0.25, 0.3) is 10.9 Å². The first kappa shape index (κ1) is 26.6. The number of nitrogens with zero attached hydrogens (tertiary/aromatic N) is 4. The Morgan fingerprint density at radius 2 is 2.05 bits per heavy atom. The van der Waals surface area contributed by atoms with Gasteiger partial charge in [-0.3, -0.25) is 9.99 Å². The van der Waals surface area contributed by atoms with Gasteiger partial charge in [0.2, 0.25) is 5.95 Å². The van der Waals surface area contributed by atoms with Crippen LogP contribution in [0.3, 0.4) is 0 Å². The van der Waals surface area contributed by atoms with Crippen LogP contribution in [0.5, 0.6) is 0 Å². The van der Waals surface area contributed by atoms with Gasteiger partial charge in [0.15, 0.2) is 0 Å². The van der Waals surface area contributed by atoms with Crippen molar-refractivity contribution in [3.8, 4) is 6.07 Å². The van der Waals surface area contributed by atoms with Crippen molar-refractivity contribution in [2.45, 2.75) is 65.0 Å². The summed E-state index contributed by atoms with van der Waals surface area (Å²) in [7, 11) is 0. The molecule has 0 spiro atoms. The molecule has 0 unspecified atom stereocenters. The maximum Gasteiger partial charge on any atom is 0.213 e. The number of nitrogens with one attached hydrogen (secondary N) is 4. The standard InChI is InChI=1S/C30H34ClFN8/c1-17-21(7-8-25(32)36-17)28(24-15-40(39-38-24)30(9-10-30)19-5-6-19)37-20-11-22-26(35-16-29(2,3)4)18(13-33)14-34-27(22)23(31)12-20/h7-8,11-12,14-15,19,28,37-39H,5-6,9-10,16H2,1-4H3,(H,34,35)/t28-/m0/s1. The lowest BCUT2D eigenvalue weighted by molar-refractivity contribution is 0.156. The molecular formula is C30H34ClFN8. The molecule has 2 aromatic heterocycles. The van der Waals surface area contributed by atoms with E-state index in [2.05, 4.69) is 69.6 Å². The zero-order chi connectivity index (χ0) is 28.2. The predicted octanol–water partition coefficient (Wildman–Crippen LogP) is 6.32. The smallest absolute Gasteiger partial charge is 0.213 e. The van der Waals surface area contributed by atoms with E-state index >= 15 is 0 Å². The van der Waals surface area contributed by atoms with Crippen LogP contribution in [0.2, 0.25) is 5.02 Å². The number of hydrogen-bond donors (Lipinski definition) is 4. The van der Waals surface area contributed by atoms with Crippen molar-refractivity contribution in [1.29, 1.82) is 5.26 Å². The van der Waals surface area contributed by atoms with Crippen molar-refractivity contribution < 1.29 is 4.39 Å². The van der Waals surface area contributed by atoms with E-state index in [0.717, 1.165) is 28.3 Å². The lowest BCUT2D eigenvalue weighted by Gasteiger charge is -2.26. The Morgan fingerprint density at radius 3 is 2.70 bits per heavy atom. The van der Waals surface area contributed by atoms with E-state index in [0.29, 0.717) is 34.0 Å². The predicted molar refractivity (Wildman–Crippen MR) is 156 cm³/mol. The first-order valence-electron chi connectivity index (χ1n) is 13.8. The lowest BCUT2D eigenvalue weighted by Crippen LogP contribution is -2.46. The zero-order valence-electron chi connectivity index (χ0n) is 23.2. The third-order valence-electron chi connectivity index (χ3n) is 8.03. The average molecular weight is 561 g/mol. The van der Waals surface area contributed by atoms with E-state index in [-0.39, 0.29) is 17.0 Å². The Balaban J connectivity index is 1.40. The van der Waals surface area contributed by atoms with Crippen LogP contribution in [0.4, 0.5) is 15.8 Å². The molecule has 0 amide bonds. The number of halogens is 2. The minimum atomic E-state index is -0.516. The van der Waals surface area contributed by atoms with Crippen LogP contribution in [-0.4, -0.2) is 27.1 Å². The number of rotatable bonds is 8. The van der Waals surface area contributed by atoms with E-state index in [4.69, 9.17) is 11.6 Å². The van der Waals surface area contributed by atoms with E-state index in [1.165, 1.54) is 31.7 Å². The Hall–Kier alpha value is -3.61. The number of hydrazine groups is 2. The molecule has 2 aliphatic carbocycles. The van der Waals surface area contributed by atoms with Gasteiger partial charge < -0.3 is 16.1 Å². The summed E-state index contributed by atoms with van der Waals surface area (Å²) in [6, 6.07) is 8.84. The lowest BCUT2D eigenvalue weighted by atomic mass is 9.96. The number of aromatic nitrogens is 2. The zero-order valence-corrected chi connectivity index (χ0v) is 24.0. The van der Waals surface area contributed by atoms with Gasteiger partial charge in [0.1, 0.15) is 6.07 Å². The molecule has 10 heteroatoms. The minimum Gasteiger partial charge on any atom is -0.383 e. The maximum absolute atomic E-state index is 14.0. The molecule has 3 aliphatic rings. The molecule has 208 valence electrons. The first-order chi connectivity index (χ1) is 19.1. The van der Waals surface area contributed by atoms with Crippen molar-refractivity contribution in [3.63, 3.8) is 0 Å². The molecule has 8 nitrogen and oxygen atoms in total. The fraction of sp³-hybridized carbons (Fsp3) is 0.433. The quantitative estimate of drug-likeness (QED) is 0.237. The Kier molecular flexibility index (Phi) is 6.51. The van der Waals surface area contributed by atoms with Gasteiger partial charge in [-0.15, -0.1) is 5.53 Å². The summed E-state index contributed by atoms with van der Waals surface area (Å²) in [6.07, 6.45) is 8.56. The summed E-state index contributed by atoms with van der Waals surface area (Å²) in [5, 5.41) is 20.4. The molecular weight excluding hydrogens is 527 g/mol. The molecule has 0 saturated heterocycles. The second kappa shape index (κ2) is 9.79. The third-order valence-corrected chi connectivity index (χ3v) is 8.32. The molecule has 0 radical (unpaired) electrons. The number of pyridine rings is 2. The second-order valence-corrected chi connectivity index (χ2v) is 12.8. The fourth-order valence-corrected chi connectivity index (χ4v) is 5.89. The monoisotopic (exact) mass is 560 g/mol. The van der Waals surface area contributed by atoms with Crippen molar-refractivity contribution in [3.05, 3.63) is 70.2 Å². The molecule has 40 heavy (non-hydrogen) atoms. The highest BCUT2D eigenvalue weighted by molar-refractivity contribution is 6.35. The highest BCUT2D eigenvalue weighted by Gasteiger charge is 2.58. The van der Waals surface area contributed by atoms with Gasteiger partial charge >= 0.3 is 0 Å². The van der Waals surface area contributed by atoms with Gasteiger partial charge in [-0.05, 0) is 62.1 Å². The highest BCUT2D eigenvalue weighted by Crippen LogP contribution is 2.57. The van der Waals surface area contributed by atoms with Gasteiger partial charge in [-0.1, -0.05) is 38.4 Å². The normalized spacial score (nSPS) is 18.6. The van der Waals surface area contributed by atoms with Crippen LogP contribution in [0.1, 0.15) is 69.3 Å². The average Bonchev–Trinajstić information content (AvgIpc) is 3.83. The number of nitriles is 1. The molecule has 2 saturated carbocycles. The van der Waals surface area contributed by atoms with E-state index in [1.54, 1.807) is 12.3 Å². The van der Waals surface area contributed by atoms with Crippen LogP contribution in [0, 0.1) is 35.5 Å². The first-order valence-corrected chi connectivity index (χ1v) is 14.1. The maximum atomic E-state index is 14.0. The molecule has 3 heterocycles. The Labute approximate surface area is 239 Å². The Bertz CT molecular complexity index is 1550. The molecule has 1 aromatic carbocycles. The van der Waals surface area contributed by atoms with Gasteiger partial charge in [0.25, 0.3) is 0 Å². The minimum absolute atomic E-state index is 0.000936. The van der Waals surface area contributed by atoms with Crippen molar-refractivity contribution in [1.82, 2.24) is 25.9 Å². The van der Waals surface area contributed by atoms with Gasteiger partial charge in [0.05, 0.1) is 39.1 Å². The van der Waals surface area contributed by atoms with Crippen LogP contribution in [0.15, 0.2) is 42.4 Å². The molecule has 6 rings (SSSR count). The van der Waals surface area contributed by atoms with E-state index < -0.39 is 5.95 Å². The second-order valence-electron chi connectivity index (χ2n) is 12.4. The summed E-state index contributed by atoms with van der Waals surface area (Å²) in [6.45, 7) is 8.88. The third kappa shape index (κ3) is 5.02. The van der Waals surface area contributed by atoms with E-state index in [9.17, 15) is 9.65 Å². The van der Waals surface area contributed by atoms with Crippen molar-refractivity contribution in [2.75, 3.05) is 17.2 Å². The number of hydrogen-bond acceptors (Lipinski definition) is 8. The van der Waals surface area contributed by atoms with Gasteiger partial charge in [0, 0.05) is 41.3 Å². The highest BCUT2D eigenvalue weighted by atomic mass is 35.5. The summed E-state index contributed by atoms with van der Waals surface area (Å²) in [5.74, 6) is 0.204. The SMILES string of the molecule is Cc1nc(F)ccc1[C@H](Nc1cc(Cl)c2ncc(C#N)c(NCC(C)(C)C)c2c1)C1=CN(C2(C3CC3)CC2)NN1. The number of aryl methyl sites for hydroxylation is 1. The van der Waals surface area contributed by atoms with Crippen LogP contribution < -0.4 is 21.6 Å². The van der Waals surface area contributed by atoms with Crippen LogP contribution in [-0.2, 0) is 0 Å². The molecule has 0 bridgehead atoms. The van der Waals surface area contributed by atoms with Gasteiger partial charge in [-0.25, -0.2) is 4.98 Å². The molecule has 2 fully saturated rings. The fourth-order valence-electron chi connectivity index (χ4n) is 5.62. The molecule has 4 N–H and O–H groups in total. The van der Waals surface area contributed by atoms with Gasteiger partial charge in [-0.2, -0.15) is 9.65 Å². The van der Waals surface area contributed by atoms with Crippen molar-refractivity contribution >= 4 is 33.9 Å². The number of anilines is 2. The summed E-state index contributed by atoms with van der Waals surface area (Å²) in [5.41, 5.74) is 11.8. The van der Waals surface area contributed by atoms with E-state index in [1.807, 2.05) is 19.1 Å².